The summed E-state index contributed by atoms with van der Waals surface area (Å²) in [6.07, 6.45) is 1.62. The number of likely N-dealkylation sites (N-methyl/N-ethyl adjacent to an activating group) is 1. The van der Waals surface area contributed by atoms with E-state index >= 15 is 0 Å². The largest absolute Gasteiger partial charge is 0.369 e. The van der Waals surface area contributed by atoms with E-state index in [1.807, 2.05) is 19.1 Å². The molecule has 5 heteroatoms. The summed E-state index contributed by atoms with van der Waals surface area (Å²) in [4.78, 5) is 21.0. The first-order chi connectivity index (χ1) is 11.1. The van der Waals surface area contributed by atoms with E-state index in [1.54, 1.807) is 18.3 Å². The molecule has 1 fully saturated rings. The summed E-state index contributed by atoms with van der Waals surface area (Å²) in [6.45, 7) is 6.26. The summed E-state index contributed by atoms with van der Waals surface area (Å²) >= 11 is 0. The summed E-state index contributed by atoms with van der Waals surface area (Å²) in [5.74, 6) is -0.180. The van der Waals surface area contributed by atoms with Gasteiger partial charge in [-0.3, -0.25) is 9.78 Å². The lowest BCUT2D eigenvalue weighted by Crippen LogP contribution is -2.44. The van der Waals surface area contributed by atoms with Crippen molar-refractivity contribution in [1.82, 2.24) is 9.88 Å². The lowest BCUT2D eigenvalue weighted by atomic mass is 10.1. The maximum absolute atomic E-state index is 12.2. The highest BCUT2D eigenvalue weighted by Gasteiger charge is 2.15. The van der Waals surface area contributed by atoms with Crippen LogP contribution in [0.5, 0.6) is 0 Å². The number of carbonyl (C=O) groups is 1. The van der Waals surface area contributed by atoms with E-state index in [9.17, 15) is 4.79 Å². The summed E-state index contributed by atoms with van der Waals surface area (Å²) in [5.41, 5.74) is 3.53. The Bertz CT molecular complexity index is 679. The minimum atomic E-state index is -0.180. The average molecular weight is 310 g/mol. The standard InChI is InChI=1S/C18H22N4O/c1-14-13-15(22-11-9-21(2)10-12-22)6-7-16(14)20-18(23)17-5-3-4-8-19-17/h3-8,13H,9-12H2,1-2H3,(H,20,23). The van der Waals surface area contributed by atoms with Gasteiger partial charge in [-0.1, -0.05) is 6.07 Å². The van der Waals surface area contributed by atoms with E-state index in [4.69, 9.17) is 0 Å². The van der Waals surface area contributed by atoms with Gasteiger partial charge in [0.05, 0.1) is 0 Å². The Labute approximate surface area is 136 Å². The van der Waals surface area contributed by atoms with E-state index in [2.05, 4.69) is 39.3 Å². The number of pyridine rings is 1. The van der Waals surface area contributed by atoms with Gasteiger partial charge in [0.2, 0.25) is 0 Å². The lowest BCUT2D eigenvalue weighted by Gasteiger charge is -2.34. The van der Waals surface area contributed by atoms with Crippen LogP contribution in [-0.4, -0.2) is 49.0 Å². The molecule has 0 saturated carbocycles. The van der Waals surface area contributed by atoms with Crippen LogP contribution >= 0.6 is 0 Å². The van der Waals surface area contributed by atoms with E-state index in [-0.39, 0.29) is 5.91 Å². The highest BCUT2D eigenvalue weighted by Crippen LogP contribution is 2.24. The number of anilines is 2. The molecule has 23 heavy (non-hydrogen) atoms. The predicted molar refractivity (Wildman–Crippen MR) is 93.1 cm³/mol. The molecule has 0 bridgehead atoms. The Morgan fingerprint density at radius 3 is 2.57 bits per heavy atom. The first-order valence-electron chi connectivity index (χ1n) is 7.90. The molecular weight excluding hydrogens is 288 g/mol. The van der Waals surface area contributed by atoms with Gasteiger partial charge in [0.1, 0.15) is 5.69 Å². The van der Waals surface area contributed by atoms with Gasteiger partial charge >= 0.3 is 0 Å². The third-order valence-electron chi connectivity index (χ3n) is 4.22. The Morgan fingerprint density at radius 2 is 1.91 bits per heavy atom. The highest BCUT2D eigenvalue weighted by molar-refractivity contribution is 6.03. The van der Waals surface area contributed by atoms with Crippen LogP contribution in [0.3, 0.4) is 0 Å². The van der Waals surface area contributed by atoms with Crippen LogP contribution in [0.25, 0.3) is 0 Å². The maximum Gasteiger partial charge on any atom is 0.274 e. The van der Waals surface area contributed by atoms with Crippen molar-refractivity contribution in [2.45, 2.75) is 6.92 Å². The number of nitrogens with one attached hydrogen (secondary N) is 1. The number of piperazine rings is 1. The van der Waals surface area contributed by atoms with Crippen molar-refractivity contribution in [3.05, 3.63) is 53.9 Å². The zero-order chi connectivity index (χ0) is 16.2. The molecule has 0 radical (unpaired) electrons. The maximum atomic E-state index is 12.2. The van der Waals surface area contributed by atoms with Crippen LogP contribution in [0.2, 0.25) is 0 Å². The van der Waals surface area contributed by atoms with E-state index in [0.717, 1.165) is 37.4 Å². The van der Waals surface area contributed by atoms with Crippen molar-refractivity contribution in [3.63, 3.8) is 0 Å². The van der Waals surface area contributed by atoms with E-state index in [1.165, 1.54) is 5.69 Å². The van der Waals surface area contributed by atoms with Gasteiger partial charge in [-0.05, 0) is 49.9 Å². The van der Waals surface area contributed by atoms with Crippen molar-refractivity contribution in [2.75, 3.05) is 43.4 Å². The van der Waals surface area contributed by atoms with E-state index in [0.29, 0.717) is 5.69 Å². The first kappa shape index (κ1) is 15.5. The molecule has 2 heterocycles. The third kappa shape index (κ3) is 3.68. The molecule has 1 N–H and O–H groups in total. The summed E-state index contributed by atoms with van der Waals surface area (Å²) in [6, 6.07) is 11.5. The molecule has 2 aromatic rings. The number of rotatable bonds is 3. The fraction of sp³-hybridized carbons (Fsp3) is 0.333. The number of aryl methyl sites for hydroxylation is 1. The van der Waals surface area contributed by atoms with Gasteiger partial charge < -0.3 is 15.1 Å². The molecule has 5 nitrogen and oxygen atoms in total. The molecule has 1 aromatic heterocycles. The van der Waals surface area contributed by atoms with Crippen molar-refractivity contribution in [3.8, 4) is 0 Å². The number of nitrogens with zero attached hydrogens (tertiary/aromatic N) is 3. The zero-order valence-electron chi connectivity index (χ0n) is 13.6. The van der Waals surface area contributed by atoms with Crippen LogP contribution in [0.1, 0.15) is 16.1 Å². The van der Waals surface area contributed by atoms with Gasteiger partial charge in [0, 0.05) is 43.8 Å². The second kappa shape index (κ2) is 6.79. The molecule has 1 amide bonds. The molecule has 0 spiro atoms. The topological polar surface area (TPSA) is 48.5 Å². The molecule has 1 aromatic carbocycles. The number of hydrogen-bond donors (Lipinski definition) is 1. The number of amides is 1. The summed E-state index contributed by atoms with van der Waals surface area (Å²) < 4.78 is 0. The number of aromatic nitrogens is 1. The minimum absolute atomic E-state index is 0.180. The zero-order valence-corrected chi connectivity index (χ0v) is 13.6. The third-order valence-corrected chi connectivity index (χ3v) is 4.22. The molecule has 1 aliphatic rings. The molecule has 120 valence electrons. The number of benzene rings is 1. The molecule has 1 saturated heterocycles. The summed E-state index contributed by atoms with van der Waals surface area (Å²) in [5, 5.41) is 2.94. The second-order valence-corrected chi connectivity index (χ2v) is 5.96. The Hall–Kier alpha value is -2.40. The van der Waals surface area contributed by atoms with Gasteiger partial charge in [-0.2, -0.15) is 0 Å². The SMILES string of the molecule is Cc1cc(N2CCN(C)CC2)ccc1NC(=O)c1ccccn1. The molecular formula is C18H22N4O. The lowest BCUT2D eigenvalue weighted by molar-refractivity contribution is 0.102. The van der Waals surface area contributed by atoms with Crippen molar-refractivity contribution >= 4 is 17.3 Å². The second-order valence-electron chi connectivity index (χ2n) is 5.96. The van der Waals surface area contributed by atoms with Crippen molar-refractivity contribution < 1.29 is 4.79 Å². The highest BCUT2D eigenvalue weighted by atomic mass is 16.1. The fourth-order valence-electron chi connectivity index (χ4n) is 2.73. The normalized spacial score (nSPS) is 15.5. The molecule has 0 aliphatic carbocycles. The van der Waals surface area contributed by atoms with E-state index < -0.39 is 0 Å². The Morgan fingerprint density at radius 1 is 1.13 bits per heavy atom. The van der Waals surface area contributed by atoms with Crippen molar-refractivity contribution in [1.29, 1.82) is 0 Å². The monoisotopic (exact) mass is 310 g/mol. The minimum Gasteiger partial charge on any atom is -0.369 e. The first-order valence-corrected chi connectivity index (χ1v) is 7.90. The van der Waals surface area contributed by atoms with Gasteiger partial charge in [-0.15, -0.1) is 0 Å². The van der Waals surface area contributed by atoms with Crippen LogP contribution in [0, 0.1) is 6.92 Å². The van der Waals surface area contributed by atoms with Crippen LogP contribution in [0.15, 0.2) is 42.6 Å². The van der Waals surface area contributed by atoms with Gasteiger partial charge in [0.25, 0.3) is 5.91 Å². The predicted octanol–water partition coefficient (Wildman–Crippen LogP) is 2.39. The van der Waals surface area contributed by atoms with Gasteiger partial charge in [0.15, 0.2) is 0 Å². The van der Waals surface area contributed by atoms with Crippen LogP contribution in [0.4, 0.5) is 11.4 Å². The fourth-order valence-corrected chi connectivity index (χ4v) is 2.73. The molecule has 0 unspecified atom stereocenters. The quantitative estimate of drug-likeness (QED) is 0.946. The number of hydrogen-bond acceptors (Lipinski definition) is 4. The van der Waals surface area contributed by atoms with Crippen LogP contribution < -0.4 is 10.2 Å². The summed E-state index contributed by atoms with van der Waals surface area (Å²) in [7, 11) is 2.15. The Kier molecular flexibility index (Phi) is 4.57. The van der Waals surface area contributed by atoms with Crippen molar-refractivity contribution in [2.24, 2.45) is 0 Å². The number of carbonyl (C=O) groups excluding carboxylic acids is 1. The molecule has 0 atom stereocenters. The smallest absolute Gasteiger partial charge is 0.274 e. The van der Waals surface area contributed by atoms with Crippen LogP contribution in [-0.2, 0) is 0 Å². The Balaban J connectivity index is 1.71. The average Bonchev–Trinajstić information content (AvgIpc) is 2.58. The van der Waals surface area contributed by atoms with Gasteiger partial charge in [-0.25, -0.2) is 0 Å². The molecule has 3 rings (SSSR count). The molecule has 1 aliphatic heterocycles.